The normalized spacial score (nSPS) is 20.9. The molecule has 3 heteroatoms. The van der Waals surface area contributed by atoms with E-state index < -0.39 is 0 Å². The summed E-state index contributed by atoms with van der Waals surface area (Å²) in [7, 11) is 0. The summed E-state index contributed by atoms with van der Waals surface area (Å²) in [4.78, 5) is 4.28. The fourth-order valence-electron chi connectivity index (χ4n) is 1.47. The van der Waals surface area contributed by atoms with Gasteiger partial charge in [0.05, 0.1) is 5.71 Å². The van der Waals surface area contributed by atoms with E-state index >= 15 is 0 Å². The van der Waals surface area contributed by atoms with Gasteiger partial charge < -0.3 is 10.1 Å². The molecule has 1 aliphatic rings. The molecule has 0 amide bonds. The number of ether oxygens (including phenoxy) is 1. The van der Waals surface area contributed by atoms with E-state index in [4.69, 9.17) is 10.1 Å². The molecular formula is C9H16N2O. The minimum absolute atomic E-state index is 0.469. The minimum atomic E-state index is 0.469. The second kappa shape index (κ2) is 5.04. The SMILES string of the molecule is CC/N=C(\C=N)C1CCOCC1. The average molecular weight is 168 g/mol. The molecule has 0 atom stereocenters. The largest absolute Gasteiger partial charge is 0.381 e. The van der Waals surface area contributed by atoms with Crippen LogP contribution in [0.25, 0.3) is 0 Å². The summed E-state index contributed by atoms with van der Waals surface area (Å²) in [5.41, 5.74) is 0.945. The zero-order valence-electron chi connectivity index (χ0n) is 7.55. The monoisotopic (exact) mass is 168 g/mol. The highest BCUT2D eigenvalue weighted by molar-refractivity contribution is 6.30. The van der Waals surface area contributed by atoms with Gasteiger partial charge in [-0.15, -0.1) is 0 Å². The van der Waals surface area contributed by atoms with Gasteiger partial charge in [0.2, 0.25) is 0 Å². The molecular weight excluding hydrogens is 152 g/mol. The summed E-state index contributed by atoms with van der Waals surface area (Å²) in [6, 6.07) is 0. The molecule has 1 fully saturated rings. The Kier molecular flexibility index (Phi) is 3.94. The maximum atomic E-state index is 7.20. The van der Waals surface area contributed by atoms with Gasteiger partial charge in [0.15, 0.2) is 0 Å². The predicted molar refractivity (Wildman–Crippen MR) is 50.3 cm³/mol. The van der Waals surface area contributed by atoms with Crippen LogP contribution in [0.4, 0.5) is 0 Å². The Hall–Kier alpha value is -0.700. The summed E-state index contributed by atoms with van der Waals surface area (Å²) < 4.78 is 5.24. The second-order valence-corrected chi connectivity index (χ2v) is 2.93. The van der Waals surface area contributed by atoms with Gasteiger partial charge in [0.25, 0.3) is 0 Å². The lowest BCUT2D eigenvalue weighted by Crippen LogP contribution is -2.24. The topological polar surface area (TPSA) is 45.4 Å². The first-order chi connectivity index (χ1) is 5.88. The van der Waals surface area contributed by atoms with E-state index in [0.717, 1.165) is 38.3 Å². The van der Waals surface area contributed by atoms with Crippen molar-refractivity contribution in [1.82, 2.24) is 0 Å². The highest BCUT2D eigenvalue weighted by Gasteiger charge is 2.17. The van der Waals surface area contributed by atoms with E-state index in [1.54, 1.807) is 0 Å². The number of nitrogens with one attached hydrogen (secondary N) is 1. The van der Waals surface area contributed by atoms with Crippen molar-refractivity contribution >= 4 is 11.9 Å². The molecule has 0 radical (unpaired) electrons. The van der Waals surface area contributed by atoms with E-state index in [-0.39, 0.29) is 0 Å². The third-order valence-electron chi connectivity index (χ3n) is 2.13. The molecule has 0 bridgehead atoms. The summed E-state index contributed by atoms with van der Waals surface area (Å²) >= 11 is 0. The Morgan fingerprint density at radius 1 is 1.58 bits per heavy atom. The molecule has 0 aromatic heterocycles. The predicted octanol–water partition coefficient (Wildman–Crippen LogP) is 1.52. The minimum Gasteiger partial charge on any atom is -0.381 e. The summed E-state index contributed by atoms with van der Waals surface area (Å²) in [6.07, 6.45) is 3.43. The average Bonchev–Trinajstić information content (AvgIpc) is 2.15. The third-order valence-corrected chi connectivity index (χ3v) is 2.13. The first kappa shape index (κ1) is 9.39. The standard InChI is InChI=1S/C9H16N2O/c1-2-11-9(7-10)8-3-5-12-6-4-8/h7-8,10H,2-6H2,1H3/b10-7?,11-9+. The Balaban J connectivity index is 2.51. The molecule has 1 aliphatic heterocycles. The summed E-state index contributed by atoms with van der Waals surface area (Å²) in [5, 5.41) is 7.20. The fourth-order valence-corrected chi connectivity index (χ4v) is 1.47. The van der Waals surface area contributed by atoms with Gasteiger partial charge in [-0.05, 0) is 19.8 Å². The quantitative estimate of drug-likeness (QED) is 0.638. The van der Waals surface area contributed by atoms with Crippen LogP contribution in [-0.2, 0) is 4.74 Å². The van der Waals surface area contributed by atoms with Crippen molar-refractivity contribution in [1.29, 1.82) is 5.41 Å². The fraction of sp³-hybridized carbons (Fsp3) is 0.778. The summed E-state index contributed by atoms with van der Waals surface area (Å²) in [5.74, 6) is 0.469. The van der Waals surface area contributed by atoms with Crippen molar-refractivity contribution in [2.24, 2.45) is 10.9 Å². The highest BCUT2D eigenvalue weighted by atomic mass is 16.5. The molecule has 12 heavy (non-hydrogen) atoms. The van der Waals surface area contributed by atoms with E-state index in [1.807, 2.05) is 6.92 Å². The van der Waals surface area contributed by atoms with E-state index in [2.05, 4.69) is 4.99 Å². The van der Waals surface area contributed by atoms with Crippen LogP contribution in [0.15, 0.2) is 4.99 Å². The van der Waals surface area contributed by atoms with Gasteiger partial charge in [-0.25, -0.2) is 0 Å². The third kappa shape index (κ3) is 2.41. The molecule has 1 N–H and O–H groups in total. The Bertz CT molecular complexity index is 171. The van der Waals surface area contributed by atoms with Crippen LogP contribution in [0.2, 0.25) is 0 Å². The molecule has 0 saturated carbocycles. The zero-order valence-corrected chi connectivity index (χ0v) is 7.55. The molecule has 3 nitrogen and oxygen atoms in total. The molecule has 0 aromatic rings. The highest BCUT2D eigenvalue weighted by Crippen LogP contribution is 2.15. The van der Waals surface area contributed by atoms with Crippen molar-refractivity contribution in [3.05, 3.63) is 0 Å². The van der Waals surface area contributed by atoms with Gasteiger partial charge in [0, 0.05) is 31.9 Å². The maximum Gasteiger partial charge on any atom is 0.0556 e. The zero-order chi connectivity index (χ0) is 8.81. The number of rotatable bonds is 3. The molecule has 0 spiro atoms. The Morgan fingerprint density at radius 3 is 2.75 bits per heavy atom. The second-order valence-electron chi connectivity index (χ2n) is 2.93. The van der Waals surface area contributed by atoms with Crippen LogP contribution in [-0.4, -0.2) is 31.7 Å². The van der Waals surface area contributed by atoms with Gasteiger partial charge in [-0.1, -0.05) is 0 Å². The Morgan fingerprint density at radius 2 is 2.25 bits per heavy atom. The molecule has 1 heterocycles. The van der Waals surface area contributed by atoms with Gasteiger partial charge in [0.1, 0.15) is 0 Å². The molecule has 0 unspecified atom stereocenters. The lowest BCUT2D eigenvalue weighted by molar-refractivity contribution is 0.0832. The van der Waals surface area contributed by atoms with Gasteiger partial charge >= 0.3 is 0 Å². The van der Waals surface area contributed by atoms with Crippen LogP contribution < -0.4 is 0 Å². The lowest BCUT2D eigenvalue weighted by atomic mass is 9.95. The number of nitrogens with zero attached hydrogens (tertiary/aromatic N) is 1. The van der Waals surface area contributed by atoms with Crippen molar-refractivity contribution < 1.29 is 4.74 Å². The van der Waals surface area contributed by atoms with Crippen LogP contribution in [0.5, 0.6) is 0 Å². The number of hydrogen-bond acceptors (Lipinski definition) is 3. The van der Waals surface area contributed by atoms with Crippen molar-refractivity contribution in [3.8, 4) is 0 Å². The molecule has 0 aliphatic carbocycles. The van der Waals surface area contributed by atoms with E-state index in [1.165, 1.54) is 6.21 Å². The van der Waals surface area contributed by atoms with Crippen LogP contribution in [0.1, 0.15) is 19.8 Å². The molecule has 1 rings (SSSR count). The smallest absolute Gasteiger partial charge is 0.0556 e. The summed E-state index contributed by atoms with van der Waals surface area (Å²) in [6.45, 7) is 4.42. The number of hydrogen-bond donors (Lipinski definition) is 1. The maximum absolute atomic E-state index is 7.20. The van der Waals surface area contributed by atoms with Crippen molar-refractivity contribution in [2.75, 3.05) is 19.8 Å². The van der Waals surface area contributed by atoms with Crippen molar-refractivity contribution in [3.63, 3.8) is 0 Å². The van der Waals surface area contributed by atoms with Crippen LogP contribution in [0, 0.1) is 11.3 Å². The van der Waals surface area contributed by atoms with Gasteiger partial charge in [-0.2, -0.15) is 0 Å². The first-order valence-electron chi connectivity index (χ1n) is 4.51. The van der Waals surface area contributed by atoms with E-state index in [9.17, 15) is 0 Å². The molecule has 1 saturated heterocycles. The van der Waals surface area contributed by atoms with Gasteiger partial charge in [-0.3, -0.25) is 4.99 Å². The van der Waals surface area contributed by atoms with Crippen LogP contribution in [0.3, 0.4) is 0 Å². The van der Waals surface area contributed by atoms with Crippen molar-refractivity contribution in [2.45, 2.75) is 19.8 Å². The molecule has 68 valence electrons. The Labute approximate surface area is 73.3 Å². The van der Waals surface area contributed by atoms with E-state index in [0.29, 0.717) is 5.92 Å². The first-order valence-corrected chi connectivity index (χ1v) is 4.51. The van der Waals surface area contributed by atoms with Crippen LogP contribution >= 0.6 is 0 Å². The molecule has 0 aromatic carbocycles. The lowest BCUT2D eigenvalue weighted by Gasteiger charge is -2.21. The number of aliphatic imine (C=N–C) groups is 1.